The van der Waals surface area contributed by atoms with Gasteiger partial charge in [-0.05, 0) is 77.0 Å². The summed E-state index contributed by atoms with van der Waals surface area (Å²) < 4.78 is 1.12. The zero-order chi connectivity index (χ0) is 13.2. The highest BCUT2D eigenvalue weighted by Gasteiger charge is 2.11. The maximum atomic E-state index is 12.1. The van der Waals surface area contributed by atoms with Gasteiger partial charge in [-0.1, -0.05) is 0 Å². The molecule has 1 aliphatic heterocycles. The normalized spacial score (nSPS) is 12.7. The average molecular weight is 364 g/mol. The molecule has 2 aromatic carbocycles. The molecule has 4 heteroatoms. The van der Waals surface area contributed by atoms with Gasteiger partial charge in [-0.2, -0.15) is 0 Å². The van der Waals surface area contributed by atoms with Gasteiger partial charge < -0.3 is 10.6 Å². The second kappa shape index (κ2) is 5.21. The average Bonchev–Trinajstić information content (AvgIpc) is 2.87. The van der Waals surface area contributed by atoms with E-state index < -0.39 is 0 Å². The van der Waals surface area contributed by atoms with Crippen LogP contribution in [-0.2, 0) is 6.42 Å². The van der Waals surface area contributed by atoms with Crippen LogP contribution in [0.4, 0.5) is 11.4 Å². The first-order valence-electron chi connectivity index (χ1n) is 6.16. The highest BCUT2D eigenvalue weighted by Crippen LogP contribution is 2.25. The third-order valence-electron chi connectivity index (χ3n) is 3.18. The fraction of sp³-hybridized carbons (Fsp3) is 0.133. The van der Waals surface area contributed by atoms with Crippen LogP contribution >= 0.6 is 22.6 Å². The van der Waals surface area contributed by atoms with Crippen LogP contribution in [0.2, 0.25) is 0 Å². The summed E-state index contributed by atoms with van der Waals surface area (Å²) in [5, 5.41) is 6.24. The molecule has 2 aromatic rings. The van der Waals surface area contributed by atoms with Crippen molar-refractivity contribution in [3.05, 3.63) is 57.2 Å². The molecular weight excluding hydrogens is 351 g/mol. The molecule has 0 radical (unpaired) electrons. The predicted molar refractivity (Wildman–Crippen MR) is 85.7 cm³/mol. The molecule has 0 bridgehead atoms. The quantitative estimate of drug-likeness (QED) is 0.801. The van der Waals surface area contributed by atoms with E-state index in [0.717, 1.165) is 22.2 Å². The van der Waals surface area contributed by atoms with Crippen molar-refractivity contribution >= 4 is 39.9 Å². The van der Waals surface area contributed by atoms with Gasteiger partial charge in [0.15, 0.2) is 0 Å². The standard InChI is InChI=1S/C15H13IN2O/c16-12-3-1-10(2-4-12)15(19)18-13-5-6-14-11(9-13)7-8-17-14/h1-6,9,17H,7-8H2,(H,18,19). The maximum absolute atomic E-state index is 12.1. The van der Waals surface area contributed by atoms with Crippen LogP contribution in [0.5, 0.6) is 0 Å². The van der Waals surface area contributed by atoms with Gasteiger partial charge in [0.25, 0.3) is 5.91 Å². The van der Waals surface area contributed by atoms with E-state index in [1.807, 2.05) is 42.5 Å². The molecule has 1 aliphatic rings. The minimum absolute atomic E-state index is 0.0673. The second-order valence-electron chi connectivity index (χ2n) is 4.51. The first-order chi connectivity index (χ1) is 9.22. The molecule has 0 aliphatic carbocycles. The van der Waals surface area contributed by atoms with Gasteiger partial charge in [-0.15, -0.1) is 0 Å². The molecule has 0 saturated carbocycles. The minimum atomic E-state index is -0.0673. The van der Waals surface area contributed by atoms with E-state index in [-0.39, 0.29) is 5.91 Å². The SMILES string of the molecule is O=C(Nc1ccc2c(c1)CCN2)c1ccc(I)cc1. The number of nitrogens with one attached hydrogen (secondary N) is 2. The Bertz CT molecular complexity index is 623. The van der Waals surface area contributed by atoms with Crippen LogP contribution < -0.4 is 10.6 Å². The third kappa shape index (κ3) is 2.73. The van der Waals surface area contributed by atoms with E-state index >= 15 is 0 Å². The van der Waals surface area contributed by atoms with Gasteiger partial charge in [0.05, 0.1) is 0 Å². The van der Waals surface area contributed by atoms with Crippen LogP contribution in [0.15, 0.2) is 42.5 Å². The van der Waals surface area contributed by atoms with E-state index in [1.54, 1.807) is 0 Å². The molecule has 0 unspecified atom stereocenters. The van der Waals surface area contributed by atoms with Gasteiger partial charge in [0.2, 0.25) is 0 Å². The van der Waals surface area contributed by atoms with Crippen molar-refractivity contribution in [1.82, 2.24) is 0 Å². The van der Waals surface area contributed by atoms with Crippen molar-refractivity contribution in [2.75, 3.05) is 17.2 Å². The number of hydrogen-bond acceptors (Lipinski definition) is 2. The zero-order valence-corrected chi connectivity index (χ0v) is 12.4. The molecule has 3 nitrogen and oxygen atoms in total. The topological polar surface area (TPSA) is 41.1 Å². The fourth-order valence-electron chi connectivity index (χ4n) is 2.19. The number of carbonyl (C=O) groups is 1. The molecule has 0 spiro atoms. The van der Waals surface area contributed by atoms with Crippen LogP contribution in [0, 0.1) is 3.57 Å². The zero-order valence-electron chi connectivity index (χ0n) is 10.2. The summed E-state index contributed by atoms with van der Waals surface area (Å²) in [7, 11) is 0. The second-order valence-corrected chi connectivity index (χ2v) is 5.76. The van der Waals surface area contributed by atoms with E-state index in [2.05, 4.69) is 33.2 Å². The summed E-state index contributed by atoms with van der Waals surface area (Å²) in [5.74, 6) is -0.0673. The first kappa shape index (κ1) is 12.5. The Balaban J connectivity index is 1.77. The van der Waals surface area contributed by atoms with Gasteiger partial charge in [0.1, 0.15) is 0 Å². The lowest BCUT2D eigenvalue weighted by Crippen LogP contribution is -2.11. The van der Waals surface area contributed by atoms with Crippen LogP contribution in [-0.4, -0.2) is 12.5 Å². The molecule has 1 amide bonds. The lowest BCUT2D eigenvalue weighted by molar-refractivity contribution is 0.102. The number of fused-ring (bicyclic) bond motifs is 1. The Morgan fingerprint density at radius 3 is 2.74 bits per heavy atom. The third-order valence-corrected chi connectivity index (χ3v) is 3.90. The van der Waals surface area contributed by atoms with Crippen LogP contribution in [0.25, 0.3) is 0 Å². The number of anilines is 2. The van der Waals surface area contributed by atoms with Gasteiger partial charge in [-0.25, -0.2) is 0 Å². The van der Waals surface area contributed by atoms with E-state index in [0.29, 0.717) is 5.56 Å². The van der Waals surface area contributed by atoms with Crippen molar-refractivity contribution in [3.63, 3.8) is 0 Å². The molecule has 0 fully saturated rings. The minimum Gasteiger partial charge on any atom is -0.384 e. The Morgan fingerprint density at radius 1 is 1.16 bits per heavy atom. The molecule has 0 saturated heterocycles. The summed E-state index contributed by atoms with van der Waals surface area (Å²) in [6.07, 6.45) is 1.02. The number of rotatable bonds is 2. The summed E-state index contributed by atoms with van der Waals surface area (Å²) in [4.78, 5) is 12.1. The molecule has 96 valence electrons. The Morgan fingerprint density at radius 2 is 1.95 bits per heavy atom. The Labute approximate surface area is 125 Å². The number of hydrogen-bond donors (Lipinski definition) is 2. The molecule has 3 rings (SSSR count). The maximum Gasteiger partial charge on any atom is 0.255 e. The monoisotopic (exact) mass is 364 g/mol. The van der Waals surface area contributed by atoms with E-state index in [4.69, 9.17) is 0 Å². The molecule has 19 heavy (non-hydrogen) atoms. The molecular formula is C15H13IN2O. The number of benzene rings is 2. The lowest BCUT2D eigenvalue weighted by Gasteiger charge is -2.07. The first-order valence-corrected chi connectivity index (χ1v) is 7.24. The lowest BCUT2D eigenvalue weighted by atomic mass is 10.1. The largest absolute Gasteiger partial charge is 0.384 e. The van der Waals surface area contributed by atoms with Gasteiger partial charge in [0, 0.05) is 27.1 Å². The van der Waals surface area contributed by atoms with Crippen LogP contribution in [0.3, 0.4) is 0 Å². The highest BCUT2D eigenvalue weighted by molar-refractivity contribution is 14.1. The molecule has 2 N–H and O–H groups in total. The smallest absolute Gasteiger partial charge is 0.255 e. The van der Waals surface area contributed by atoms with Crippen molar-refractivity contribution in [2.45, 2.75) is 6.42 Å². The number of carbonyl (C=O) groups excluding carboxylic acids is 1. The number of amides is 1. The summed E-state index contributed by atoms with van der Waals surface area (Å²) >= 11 is 2.22. The van der Waals surface area contributed by atoms with Gasteiger partial charge >= 0.3 is 0 Å². The highest BCUT2D eigenvalue weighted by atomic mass is 127. The number of halogens is 1. The summed E-state index contributed by atoms with van der Waals surface area (Å²) in [5.41, 5.74) is 3.97. The molecule has 1 heterocycles. The Kier molecular flexibility index (Phi) is 3.42. The fourth-order valence-corrected chi connectivity index (χ4v) is 2.55. The van der Waals surface area contributed by atoms with Crippen molar-refractivity contribution in [2.24, 2.45) is 0 Å². The van der Waals surface area contributed by atoms with E-state index in [9.17, 15) is 4.79 Å². The van der Waals surface area contributed by atoms with Crippen LogP contribution in [0.1, 0.15) is 15.9 Å². The summed E-state index contributed by atoms with van der Waals surface area (Å²) in [6, 6.07) is 13.5. The molecule has 0 aromatic heterocycles. The molecule has 0 atom stereocenters. The van der Waals surface area contributed by atoms with Crippen molar-refractivity contribution < 1.29 is 4.79 Å². The predicted octanol–water partition coefficient (Wildman–Crippen LogP) is 3.51. The van der Waals surface area contributed by atoms with Crippen molar-refractivity contribution in [3.8, 4) is 0 Å². The van der Waals surface area contributed by atoms with E-state index in [1.165, 1.54) is 11.3 Å². The van der Waals surface area contributed by atoms with Crippen molar-refractivity contribution in [1.29, 1.82) is 0 Å². The van der Waals surface area contributed by atoms with Gasteiger partial charge in [-0.3, -0.25) is 4.79 Å². The Hall–Kier alpha value is -1.56. The summed E-state index contributed by atoms with van der Waals surface area (Å²) in [6.45, 7) is 0.976.